The van der Waals surface area contributed by atoms with Crippen LogP contribution in [0, 0.1) is 0 Å². The van der Waals surface area contributed by atoms with Crippen molar-refractivity contribution in [3.8, 4) is 0 Å². The summed E-state index contributed by atoms with van der Waals surface area (Å²) < 4.78 is 0. The average molecular weight is 273 g/mol. The predicted molar refractivity (Wildman–Crippen MR) is 70.7 cm³/mol. The number of aliphatic hydroxyl groups is 2. The van der Waals surface area contributed by atoms with Crippen LogP contribution in [0.3, 0.4) is 0 Å². The molecule has 1 amide bonds. The van der Waals surface area contributed by atoms with Gasteiger partial charge < -0.3 is 15.9 Å². The molecule has 0 fully saturated rings. The van der Waals surface area contributed by atoms with Crippen molar-refractivity contribution < 1.29 is 15.0 Å². The molecule has 0 aliphatic heterocycles. The van der Waals surface area contributed by atoms with Crippen molar-refractivity contribution in [2.45, 2.75) is 13.2 Å². The number of rotatable bonds is 2. The van der Waals surface area contributed by atoms with Gasteiger partial charge in [-0.2, -0.15) is 0 Å². The van der Waals surface area contributed by atoms with Gasteiger partial charge in [-0.3, -0.25) is 4.79 Å². The molecule has 0 saturated heterocycles. The predicted octanol–water partition coefficient (Wildman–Crippen LogP) is 1.58. The summed E-state index contributed by atoms with van der Waals surface area (Å²) in [6, 6.07) is 7.67. The summed E-state index contributed by atoms with van der Waals surface area (Å²) in [6.45, 7) is 0.356. The third kappa shape index (κ3) is 8.58. The molecule has 17 heavy (non-hydrogen) atoms. The van der Waals surface area contributed by atoms with Crippen LogP contribution in [0.1, 0.15) is 9.75 Å². The molecule has 0 radical (unpaired) electrons. The molecule has 0 unspecified atom stereocenters. The Morgan fingerprint density at radius 3 is 1.53 bits per heavy atom. The van der Waals surface area contributed by atoms with E-state index < -0.39 is 0 Å². The van der Waals surface area contributed by atoms with Crippen molar-refractivity contribution in [3.05, 3.63) is 44.8 Å². The van der Waals surface area contributed by atoms with Crippen LogP contribution in [0.25, 0.3) is 0 Å². The number of hydrogen-bond donors (Lipinski definition) is 3. The fraction of sp³-hybridized carbons (Fsp3) is 0.182. The van der Waals surface area contributed by atoms with E-state index in [2.05, 4.69) is 5.73 Å². The van der Waals surface area contributed by atoms with E-state index in [0.29, 0.717) is 0 Å². The highest BCUT2D eigenvalue weighted by atomic mass is 32.1. The van der Waals surface area contributed by atoms with Gasteiger partial charge in [0.1, 0.15) is 0 Å². The molecule has 0 atom stereocenters. The van der Waals surface area contributed by atoms with E-state index in [4.69, 9.17) is 15.0 Å². The van der Waals surface area contributed by atoms with Crippen LogP contribution in [-0.4, -0.2) is 16.6 Å². The SMILES string of the molecule is NC=O.OCc1cccs1.OCc1cccs1. The smallest absolute Gasteiger partial charge is 0.204 e. The van der Waals surface area contributed by atoms with Crippen molar-refractivity contribution in [3.63, 3.8) is 0 Å². The van der Waals surface area contributed by atoms with Gasteiger partial charge in [-0.15, -0.1) is 22.7 Å². The first-order valence-corrected chi connectivity index (χ1v) is 6.46. The van der Waals surface area contributed by atoms with Crippen LogP contribution >= 0.6 is 22.7 Å². The van der Waals surface area contributed by atoms with Crippen LogP contribution in [-0.2, 0) is 18.0 Å². The summed E-state index contributed by atoms with van der Waals surface area (Å²) in [5, 5.41) is 20.8. The quantitative estimate of drug-likeness (QED) is 0.726. The number of nitrogens with two attached hydrogens (primary N) is 1. The van der Waals surface area contributed by atoms with Crippen LogP contribution in [0.4, 0.5) is 0 Å². The molecule has 6 heteroatoms. The Kier molecular flexibility index (Phi) is 10.5. The first-order valence-electron chi connectivity index (χ1n) is 4.70. The van der Waals surface area contributed by atoms with E-state index in [1.165, 1.54) is 0 Å². The molecule has 2 rings (SSSR count). The van der Waals surface area contributed by atoms with Crippen LogP contribution in [0.2, 0.25) is 0 Å². The number of amides is 1. The topological polar surface area (TPSA) is 83.6 Å². The molecule has 4 nitrogen and oxygen atoms in total. The van der Waals surface area contributed by atoms with Gasteiger partial charge in [-0.1, -0.05) is 12.1 Å². The minimum atomic E-state index is 0.178. The Hall–Kier alpha value is -1.21. The molecule has 94 valence electrons. The van der Waals surface area contributed by atoms with Crippen molar-refractivity contribution in [1.82, 2.24) is 0 Å². The molecular formula is C11H15NO3S2. The molecular weight excluding hydrogens is 258 g/mol. The maximum absolute atomic E-state index is 8.58. The molecule has 2 aromatic heterocycles. The Labute approximate surface area is 108 Å². The van der Waals surface area contributed by atoms with Crippen molar-refractivity contribution in [2.24, 2.45) is 5.73 Å². The summed E-state index contributed by atoms with van der Waals surface area (Å²) in [5.41, 5.74) is 4.17. The minimum Gasteiger partial charge on any atom is -0.391 e. The highest BCUT2D eigenvalue weighted by Crippen LogP contribution is 2.06. The van der Waals surface area contributed by atoms with Gasteiger partial charge in [0.05, 0.1) is 13.2 Å². The van der Waals surface area contributed by atoms with Crippen molar-refractivity contribution >= 4 is 29.1 Å². The highest BCUT2D eigenvalue weighted by molar-refractivity contribution is 7.10. The molecule has 0 aliphatic rings. The third-order valence-corrected chi connectivity index (χ3v) is 3.19. The first kappa shape index (κ1) is 15.8. The minimum absolute atomic E-state index is 0.178. The Morgan fingerprint density at radius 2 is 1.41 bits per heavy atom. The Morgan fingerprint density at radius 1 is 1.06 bits per heavy atom. The number of thiophene rings is 2. The highest BCUT2D eigenvalue weighted by Gasteiger charge is 1.84. The Bertz CT molecular complexity index is 326. The van der Waals surface area contributed by atoms with Crippen LogP contribution in [0.15, 0.2) is 35.0 Å². The number of carbonyl (C=O) groups excluding carboxylic acids is 1. The number of primary amides is 1. The van der Waals surface area contributed by atoms with Crippen molar-refractivity contribution in [1.29, 1.82) is 0 Å². The lowest BCUT2D eigenvalue weighted by atomic mass is 10.5. The van der Waals surface area contributed by atoms with Gasteiger partial charge in [0.25, 0.3) is 0 Å². The zero-order valence-electron chi connectivity index (χ0n) is 9.15. The van der Waals surface area contributed by atoms with E-state index in [1.807, 2.05) is 35.0 Å². The third-order valence-electron chi connectivity index (χ3n) is 1.47. The van der Waals surface area contributed by atoms with E-state index in [-0.39, 0.29) is 19.6 Å². The standard InChI is InChI=1S/2C5H6OS.CH3NO/c2*6-4-5-2-1-3-7-5;2-1-3/h2*1-3,6H,4H2;1H,(H2,2,3). The number of carbonyl (C=O) groups is 1. The molecule has 0 saturated carbocycles. The normalized spacial score (nSPS) is 8.35. The van der Waals surface area contributed by atoms with Crippen LogP contribution in [0.5, 0.6) is 0 Å². The van der Waals surface area contributed by atoms with Gasteiger partial charge in [0.2, 0.25) is 6.41 Å². The molecule has 0 aromatic carbocycles. The molecule has 2 heterocycles. The summed E-state index contributed by atoms with van der Waals surface area (Å²) >= 11 is 3.15. The lowest BCUT2D eigenvalue weighted by Gasteiger charge is -1.78. The van der Waals surface area contributed by atoms with Crippen molar-refractivity contribution in [2.75, 3.05) is 0 Å². The second-order valence-electron chi connectivity index (χ2n) is 2.61. The summed E-state index contributed by atoms with van der Waals surface area (Å²) in [4.78, 5) is 10.6. The van der Waals surface area contributed by atoms with E-state index >= 15 is 0 Å². The molecule has 2 aromatic rings. The molecule has 0 bridgehead atoms. The maximum atomic E-state index is 8.58. The molecule has 4 N–H and O–H groups in total. The zero-order chi connectivity index (χ0) is 12.9. The van der Waals surface area contributed by atoms with Gasteiger partial charge in [0, 0.05) is 9.75 Å². The van der Waals surface area contributed by atoms with Gasteiger partial charge in [-0.25, -0.2) is 0 Å². The maximum Gasteiger partial charge on any atom is 0.204 e. The summed E-state index contributed by atoms with van der Waals surface area (Å²) in [6.07, 6.45) is 0.250. The van der Waals surface area contributed by atoms with Gasteiger partial charge >= 0.3 is 0 Å². The fourth-order valence-electron chi connectivity index (χ4n) is 0.805. The first-order chi connectivity index (χ1) is 8.28. The van der Waals surface area contributed by atoms with Gasteiger partial charge in [-0.05, 0) is 22.9 Å². The second-order valence-corrected chi connectivity index (χ2v) is 4.68. The fourth-order valence-corrected chi connectivity index (χ4v) is 1.93. The van der Waals surface area contributed by atoms with E-state index in [9.17, 15) is 0 Å². The number of aliphatic hydroxyl groups excluding tert-OH is 2. The second kappa shape index (κ2) is 11.3. The lowest BCUT2D eigenvalue weighted by Crippen LogP contribution is -1.82. The van der Waals surface area contributed by atoms with Crippen LogP contribution < -0.4 is 5.73 Å². The molecule has 0 spiro atoms. The van der Waals surface area contributed by atoms with Gasteiger partial charge in [0.15, 0.2) is 0 Å². The zero-order valence-corrected chi connectivity index (χ0v) is 10.8. The van der Waals surface area contributed by atoms with E-state index in [0.717, 1.165) is 9.75 Å². The average Bonchev–Trinajstić information content (AvgIpc) is 3.04. The molecule has 0 aliphatic carbocycles. The summed E-state index contributed by atoms with van der Waals surface area (Å²) in [5.74, 6) is 0. The number of hydrogen-bond acceptors (Lipinski definition) is 5. The largest absolute Gasteiger partial charge is 0.391 e. The summed E-state index contributed by atoms with van der Waals surface area (Å²) in [7, 11) is 0. The monoisotopic (exact) mass is 273 g/mol. The lowest BCUT2D eigenvalue weighted by molar-refractivity contribution is -0.106. The Balaban J connectivity index is 0.000000247. The van der Waals surface area contributed by atoms with E-state index in [1.54, 1.807) is 22.7 Å².